The van der Waals surface area contributed by atoms with E-state index in [0.29, 0.717) is 6.42 Å². The summed E-state index contributed by atoms with van der Waals surface area (Å²) in [7, 11) is -1.64. The molecular formula is C15H18ClNO6S. The van der Waals surface area contributed by atoms with Crippen molar-refractivity contribution in [1.29, 1.82) is 0 Å². The summed E-state index contributed by atoms with van der Waals surface area (Å²) >= 11 is 5.69. The quantitative estimate of drug-likeness (QED) is 0.794. The second-order valence-corrected chi connectivity index (χ2v) is 8.38. The molecule has 0 aromatic heterocycles. The van der Waals surface area contributed by atoms with Gasteiger partial charge in [0.25, 0.3) is 5.91 Å². The van der Waals surface area contributed by atoms with Crippen molar-refractivity contribution in [2.24, 2.45) is 0 Å². The van der Waals surface area contributed by atoms with Crippen molar-refractivity contribution >= 4 is 33.3 Å². The van der Waals surface area contributed by atoms with Crippen LogP contribution in [0, 0.1) is 0 Å². The molecule has 9 heteroatoms. The standard InChI is InChI=1S/C15H18ClNO6S/c1-9(14(19)17(2)11-5-6-24(21,22)8-11)23-15(20)12-4-3-10(16)7-13(12)18/h3-4,7,9,11,18H,5-6,8H2,1-2H3/t9-,11-/m1/s1. The SMILES string of the molecule is C[C@@H](OC(=O)c1ccc(Cl)cc1O)C(=O)N(C)[C@@H]1CCS(=O)(=O)C1. The van der Waals surface area contributed by atoms with Crippen molar-refractivity contribution in [3.63, 3.8) is 0 Å². The molecule has 1 aliphatic rings. The average molecular weight is 376 g/mol. The molecule has 1 N–H and O–H groups in total. The minimum absolute atomic E-state index is 0.0438. The molecule has 0 bridgehead atoms. The summed E-state index contributed by atoms with van der Waals surface area (Å²) in [5.41, 5.74) is -0.106. The first-order valence-electron chi connectivity index (χ1n) is 7.27. The Morgan fingerprint density at radius 3 is 2.62 bits per heavy atom. The number of amides is 1. The van der Waals surface area contributed by atoms with Crippen LogP contribution in [0.5, 0.6) is 5.75 Å². The van der Waals surface area contributed by atoms with Gasteiger partial charge in [-0.05, 0) is 31.5 Å². The summed E-state index contributed by atoms with van der Waals surface area (Å²) in [5, 5.41) is 9.96. The Hall–Kier alpha value is -1.80. The number of rotatable bonds is 4. The third-order valence-electron chi connectivity index (χ3n) is 3.92. The van der Waals surface area contributed by atoms with Crippen LogP contribution in [0.2, 0.25) is 5.02 Å². The van der Waals surface area contributed by atoms with Gasteiger partial charge in [0.05, 0.1) is 11.5 Å². The molecule has 1 aliphatic heterocycles. The smallest absolute Gasteiger partial charge is 0.342 e. The first-order chi connectivity index (χ1) is 11.1. The van der Waals surface area contributed by atoms with E-state index in [1.165, 1.54) is 37.1 Å². The highest BCUT2D eigenvalue weighted by Crippen LogP contribution is 2.23. The van der Waals surface area contributed by atoms with E-state index >= 15 is 0 Å². The van der Waals surface area contributed by atoms with E-state index in [2.05, 4.69) is 0 Å². The molecule has 1 amide bonds. The Bertz CT molecular complexity index is 763. The van der Waals surface area contributed by atoms with Gasteiger partial charge < -0.3 is 14.7 Å². The van der Waals surface area contributed by atoms with Crippen LogP contribution in [-0.2, 0) is 19.4 Å². The Balaban J connectivity index is 2.02. The largest absolute Gasteiger partial charge is 0.507 e. The number of hydrogen-bond donors (Lipinski definition) is 1. The van der Waals surface area contributed by atoms with Crippen LogP contribution >= 0.6 is 11.6 Å². The molecule has 7 nitrogen and oxygen atoms in total. The number of benzene rings is 1. The van der Waals surface area contributed by atoms with E-state index in [1.54, 1.807) is 0 Å². The number of carbonyl (C=O) groups excluding carboxylic acids is 2. The monoisotopic (exact) mass is 375 g/mol. The number of nitrogens with zero attached hydrogens (tertiary/aromatic N) is 1. The third kappa shape index (κ3) is 4.18. The normalized spacial score (nSPS) is 20.4. The van der Waals surface area contributed by atoms with Crippen molar-refractivity contribution in [3.05, 3.63) is 28.8 Å². The van der Waals surface area contributed by atoms with Gasteiger partial charge in [-0.15, -0.1) is 0 Å². The van der Waals surface area contributed by atoms with Gasteiger partial charge in [-0.25, -0.2) is 13.2 Å². The lowest BCUT2D eigenvalue weighted by Gasteiger charge is -2.26. The molecule has 1 aromatic rings. The van der Waals surface area contributed by atoms with E-state index in [4.69, 9.17) is 16.3 Å². The molecule has 2 rings (SSSR count). The summed E-state index contributed by atoms with van der Waals surface area (Å²) in [6.07, 6.45) is -0.746. The lowest BCUT2D eigenvalue weighted by atomic mass is 10.2. The Morgan fingerprint density at radius 1 is 1.42 bits per heavy atom. The van der Waals surface area contributed by atoms with Gasteiger partial charge in [0.2, 0.25) is 0 Å². The Kier molecular flexibility index (Phi) is 5.39. The van der Waals surface area contributed by atoms with Gasteiger partial charge in [0, 0.05) is 18.1 Å². The number of phenols is 1. The zero-order valence-electron chi connectivity index (χ0n) is 13.2. The molecule has 1 aromatic carbocycles. The maximum absolute atomic E-state index is 12.3. The molecule has 132 valence electrons. The number of likely N-dealkylation sites (N-methyl/N-ethyl adjacent to an activating group) is 1. The number of carbonyl (C=O) groups is 2. The van der Waals surface area contributed by atoms with Gasteiger partial charge in [-0.1, -0.05) is 11.6 Å². The maximum Gasteiger partial charge on any atom is 0.342 e. The fourth-order valence-corrected chi connectivity index (χ4v) is 4.44. The van der Waals surface area contributed by atoms with E-state index in [1.807, 2.05) is 0 Å². The molecule has 1 heterocycles. The van der Waals surface area contributed by atoms with Crippen LogP contribution in [0.15, 0.2) is 18.2 Å². The summed E-state index contributed by atoms with van der Waals surface area (Å²) in [5.74, 6) is -1.76. The van der Waals surface area contributed by atoms with E-state index < -0.39 is 33.9 Å². The van der Waals surface area contributed by atoms with Gasteiger partial charge in [0.15, 0.2) is 15.9 Å². The number of esters is 1. The van der Waals surface area contributed by atoms with Crippen molar-refractivity contribution in [3.8, 4) is 5.75 Å². The van der Waals surface area contributed by atoms with Crippen LogP contribution in [-0.4, -0.2) is 61.0 Å². The van der Waals surface area contributed by atoms with Gasteiger partial charge in [0.1, 0.15) is 11.3 Å². The second kappa shape index (κ2) is 6.98. The molecular weight excluding hydrogens is 358 g/mol. The number of ether oxygens (including phenoxy) is 1. The predicted molar refractivity (Wildman–Crippen MR) is 87.8 cm³/mol. The number of halogens is 1. The second-order valence-electron chi connectivity index (χ2n) is 5.72. The van der Waals surface area contributed by atoms with E-state index in [9.17, 15) is 23.1 Å². The minimum Gasteiger partial charge on any atom is -0.507 e. The summed E-state index contributed by atoms with van der Waals surface area (Å²) in [6, 6.07) is 3.48. The lowest BCUT2D eigenvalue weighted by Crippen LogP contribution is -2.44. The fraction of sp³-hybridized carbons (Fsp3) is 0.467. The highest BCUT2D eigenvalue weighted by Gasteiger charge is 2.35. The predicted octanol–water partition coefficient (Wildman–Crippen LogP) is 1.24. The molecule has 2 atom stereocenters. The van der Waals surface area contributed by atoms with Gasteiger partial charge in [-0.2, -0.15) is 0 Å². The first-order valence-corrected chi connectivity index (χ1v) is 9.47. The van der Waals surface area contributed by atoms with Crippen LogP contribution in [0.3, 0.4) is 0 Å². The summed E-state index contributed by atoms with van der Waals surface area (Å²) in [4.78, 5) is 25.7. The molecule has 0 unspecified atom stereocenters. The van der Waals surface area contributed by atoms with Crippen molar-refractivity contribution < 1.29 is 27.9 Å². The van der Waals surface area contributed by atoms with Gasteiger partial charge >= 0.3 is 5.97 Å². The number of phenolic OH excluding ortho intramolecular Hbond substituents is 1. The zero-order chi connectivity index (χ0) is 18.1. The van der Waals surface area contributed by atoms with Crippen LogP contribution < -0.4 is 0 Å². The average Bonchev–Trinajstić information content (AvgIpc) is 2.85. The molecule has 0 aliphatic carbocycles. The minimum atomic E-state index is -3.12. The molecule has 0 radical (unpaired) electrons. The topological polar surface area (TPSA) is 101 Å². The zero-order valence-corrected chi connectivity index (χ0v) is 14.8. The van der Waals surface area contributed by atoms with Crippen LogP contribution in [0.25, 0.3) is 0 Å². The maximum atomic E-state index is 12.3. The van der Waals surface area contributed by atoms with Crippen molar-refractivity contribution in [2.45, 2.75) is 25.5 Å². The summed E-state index contributed by atoms with van der Waals surface area (Å²) in [6.45, 7) is 1.40. The molecule has 24 heavy (non-hydrogen) atoms. The number of aromatic hydroxyl groups is 1. The molecule has 0 spiro atoms. The molecule has 0 saturated carbocycles. The molecule has 1 fully saturated rings. The van der Waals surface area contributed by atoms with Crippen LogP contribution in [0.4, 0.5) is 0 Å². The van der Waals surface area contributed by atoms with Gasteiger partial charge in [-0.3, -0.25) is 4.79 Å². The highest BCUT2D eigenvalue weighted by atomic mass is 35.5. The molecule has 1 saturated heterocycles. The Morgan fingerprint density at radius 2 is 2.08 bits per heavy atom. The fourth-order valence-electron chi connectivity index (χ4n) is 2.50. The van der Waals surface area contributed by atoms with E-state index in [-0.39, 0.29) is 27.8 Å². The Labute approximate surface area is 145 Å². The van der Waals surface area contributed by atoms with Crippen molar-refractivity contribution in [2.75, 3.05) is 18.6 Å². The van der Waals surface area contributed by atoms with Crippen molar-refractivity contribution in [1.82, 2.24) is 4.90 Å². The summed E-state index contributed by atoms with van der Waals surface area (Å²) < 4.78 is 28.1. The highest BCUT2D eigenvalue weighted by molar-refractivity contribution is 7.91. The number of sulfone groups is 1. The van der Waals surface area contributed by atoms with Crippen LogP contribution in [0.1, 0.15) is 23.7 Å². The first kappa shape index (κ1) is 18.5. The third-order valence-corrected chi connectivity index (χ3v) is 5.90. The number of hydrogen-bond acceptors (Lipinski definition) is 6. The lowest BCUT2D eigenvalue weighted by molar-refractivity contribution is -0.140. The van der Waals surface area contributed by atoms with E-state index in [0.717, 1.165) is 0 Å².